The first kappa shape index (κ1) is 14.7. The van der Waals surface area contributed by atoms with Crippen molar-refractivity contribution in [2.75, 3.05) is 7.05 Å². The fraction of sp³-hybridized carbons (Fsp3) is 0.357. The van der Waals surface area contributed by atoms with Crippen LogP contribution in [0.4, 0.5) is 0 Å². The summed E-state index contributed by atoms with van der Waals surface area (Å²) in [4.78, 5) is 6.89. The van der Waals surface area contributed by atoms with Crippen LogP contribution in [0.3, 0.4) is 0 Å². The molecule has 0 bridgehead atoms. The van der Waals surface area contributed by atoms with Crippen molar-refractivity contribution in [1.82, 2.24) is 14.3 Å². The molecule has 0 unspecified atom stereocenters. The first-order valence-corrected chi connectivity index (χ1v) is 7.94. The van der Waals surface area contributed by atoms with Crippen molar-refractivity contribution >= 4 is 10.0 Å². The van der Waals surface area contributed by atoms with Gasteiger partial charge in [0.15, 0.2) is 5.03 Å². The van der Waals surface area contributed by atoms with E-state index in [1.807, 2.05) is 38.1 Å². The second-order valence-corrected chi connectivity index (χ2v) is 6.75. The average molecular weight is 293 g/mol. The minimum absolute atomic E-state index is 0.144. The molecule has 5 nitrogen and oxygen atoms in total. The Balaban J connectivity index is 2.23. The maximum atomic E-state index is 12.4. The number of aromatic nitrogens is 2. The predicted octanol–water partition coefficient (Wildman–Crippen LogP) is 2.10. The van der Waals surface area contributed by atoms with Gasteiger partial charge in [0, 0.05) is 20.0 Å². The number of nitrogens with one attached hydrogen (secondary N) is 1. The van der Waals surface area contributed by atoms with Crippen LogP contribution in [0.15, 0.2) is 35.5 Å². The number of nitrogens with zero attached hydrogens (tertiary/aromatic N) is 2. The second kappa shape index (κ2) is 5.76. The zero-order chi connectivity index (χ0) is 14.8. The quantitative estimate of drug-likeness (QED) is 0.918. The molecule has 0 fully saturated rings. The molecule has 0 radical (unpaired) electrons. The molecule has 0 saturated carbocycles. The number of sulfonamides is 1. The Labute approximate surface area is 119 Å². The van der Waals surface area contributed by atoms with Crippen molar-refractivity contribution in [1.29, 1.82) is 0 Å². The smallest absolute Gasteiger partial charge is 0.260 e. The zero-order valence-electron chi connectivity index (χ0n) is 11.9. The van der Waals surface area contributed by atoms with Crippen molar-refractivity contribution in [3.63, 3.8) is 0 Å². The fourth-order valence-corrected chi connectivity index (χ4v) is 3.01. The summed E-state index contributed by atoms with van der Waals surface area (Å²) in [5.41, 5.74) is 2.07. The van der Waals surface area contributed by atoms with E-state index in [0.29, 0.717) is 18.8 Å². The Hall–Kier alpha value is -1.66. The summed E-state index contributed by atoms with van der Waals surface area (Å²) in [6.07, 6.45) is 2.06. The molecular formula is C14H19N3O2S. The monoisotopic (exact) mass is 293 g/mol. The highest BCUT2D eigenvalue weighted by atomic mass is 32.2. The highest BCUT2D eigenvalue weighted by molar-refractivity contribution is 7.89. The van der Waals surface area contributed by atoms with Crippen molar-refractivity contribution in [2.45, 2.75) is 31.8 Å². The number of hydrogen-bond donors (Lipinski definition) is 1. The van der Waals surface area contributed by atoms with Crippen molar-refractivity contribution < 1.29 is 8.42 Å². The summed E-state index contributed by atoms with van der Waals surface area (Å²) < 4.78 is 26.2. The number of benzene rings is 1. The Bertz CT molecular complexity index is 692. The number of rotatable bonds is 5. The lowest BCUT2D eigenvalue weighted by molar-refractivity contribution is 0.463. The van der Waals surface area contributed by atoms with Crippen LogP contribution in [0.25, 0.3) is 0 Å². The third kappa shape index (κ3) is 2.91. The largest absolute Gasteiger partial charge is 0.332 e. The van der Waals surface area contributed by atoms with Crippen molar-refractivity contribution in [2.24, 2.45) is 0 Å². The SMILES string of the molecule is CCc1ncc(S(=O)(=O)N(C)Cc2ccccc2C)[nH]1. The first-order chi connectivity index (χ1) is 9.45. The molecule has 1 aromatic heterocycles. The van der Waals surface area contributed by atoms with Crippen LogP contribution in [-0.2, 0) is 23.0 Å². The van der Waals surface area contributed by atoms with Crippen molar-refractivity contribution in [3.05, 3.63) is 47.4 Å². The van der Waals surface area contributed by atoms with E-state index in [4.69, 9.17) is 0 Å². The van der Waals surface area contributed by atoms with Crippen LogP contribution >= 0.6 is 0 Å². The predicted molar refractivity (Wildman–Crippen MR) is 77.8 cm³/mol. The molecule has 20 heavy (non-hydrogen) atoms. The second-order valence-electron chi connectivity index (χ2n) is 4.74. The molecule has 0 aliphatic carbocycles. The molecule has 6 heteroatoms. The van der Waals surface area contributed by atoms with Gasteiger partial charge in [0.1, 0.15) is 5.82 Å². The lowest BCUT2D eigenvalue weighted by atomic mass is 10.1. The van der Waals surface area contributed by atoms with Gasteiger partial charge >= 0.3 is 0 Å². The van der Waals surface area contributed by atoms with Gasteiger partial charge in [-0.2, -0.15) is 4.31 Å². The van der Waals surface area contributed by atoms with Gasteiger partial charge < -0.3 is 4.98 Å². The topological polar surface area (TPSA) is 66.1 Å². The van der Waals surface area contributed by atoms with E-state index >= 15 is 0 Å². The first-order valence-electron chi connectivity index (χ1n) is 6.50. The van der Waals surface area contributed by atoms with E-state index in [1.54, 1.807) is 7.05 Å². The molecular weight excluding hydrogens is 274 g/mol. The van der Waals surface area contributed by atoms with Crippen LogP contribution in [0, 0.1) is 6.92 Å². The van der Waals surface area contributed by atoms with Crippen LogP contribution in [0.5, 0.6) is 0 Å². The summed E-state index contributed by atoms with van der Waals surface area (Å²) >= 11 is 0. The van der Waals surface area contributed by atoms with Gasteiger partial charge in [0.2, 0.25) is 0 Å². The summed E-state index contributed by atoms with van der Waals surface area (Å²) in [5, 5.41) is 0.144. The third-order valence-electron chi connectivity index (χ3n) is 3.28. The minimum Gasteiger partial charge on any atom is -0.332 e. The molecule has 0 aliphatic heterocycles. The van der Waals surface area contributed by atoms with Gasteiger partial charge in [-0.1, -0.05) is 31.2 Å². The lowest BCUT2D eigenvalue weighted by Gasteiger charge is -2.17. The maximum absolute atomic E-state index is 12.4. The Morgan fingerprint density at radius 3 is 2.60 bits per heavy atom. The van der Waals surface area contributed by atoms with Crippen LogP contribution in [0.2, 0.25) is 0 Å². The lowest BCUT2D eigenvalue weighted by Crippen LogP contribution is -2.27. The molecule has 2 rings (SSSR count). The van der Waals surface area contributed by atoms with E-state index in [-0.39, 0.29) is 5.03 Å². The number of aryl methyl sites for hydroxylation is 2. The van der Waals surface area contributed by atoms with Gasteiger partial charge in [-0.05, 0) is 18.1 Å². The third-order valence-corrected chi connectivity index (χ3v) is 5.00. The molecule has 2 aromatic rings. The Morgan fingerprint density at radius 2 is 2.00 bits per heavy atom. The number of imidazole rings is 1. The number of H-pyrrole nitrogens is 1. The molecule has 0 spiro atoms. The standard InChI is InChI=1S/C14H19N3O2S/c1-4-13-15-9-14(16-13)20(18,19)17(3)10-12-8-6-5-7-11(12)2/h5-9H,4,10H2,1-3H3,(H,15,16). The molecule has 108 valence electrons. The Morgan fingerprint density at radius 1 is 1.30 bits per heavy atom. The normalized spacial score (nSPS) is 12.0. The van der Waals surface area contributed by atoms with Crippen LogP contribution < -0.4 is 0 Å². The van der Waals surface area contributed by atoms with Gasteiger partial charge in [-0.3, -0.25) is 0 Å². The van der Waals surface area contributed by atoms with Gasteiger partial charge in [-0.15, -0.1) is 0 Å². The number of aromatic amines is 1. The summed E-state index contributed by atoms with van der Waals surface area (Å²) in [5.74, 6) is 0.674. The van der Waals surface area contributed by atoms with Gasteiger partial charge in [-0.25, -0.2) is 13.4 Å². The summed E-state index contributed by atoms with van der Waals surface area (Å²) in [7, 11) is -1.95. The maximum Gasteiger partial charge on any atom is 0.260 e. The molecule has 0 aliphatic rings. The average Bonchev–Trinajstić information content (AvgIpc) is 2.90. The van der Waals surface area contributed by atoms with Crippen LogP contribution in [0.1, 0.15) is 23.9 Å². The van der Waals surface area contributed by atoms with Gasteiger partial charge in [0.05, 0.1) is 6.20 Å². The molecule has 1 N–H and O–H groups in total. The summed E-state index contributed by atoms with van der Waals surface area (Å²) in [6, 6.07) is 7.76. The van der Waals surface area contributed by atoms with E-state index in [0.717, 1.165) is 11.1 Å². The molecule has 0 saturated heterocycles. The highest BCUT2D eigenvalue weighted by Gasteiger charge is 2.23. The number of hydrogen-bond acceptors (Lipinski definition) is 3. The Kier molecular flexibility index (Phi) is 4.25. The summed E-state index contributed by atoms with van der Waals surface area (Å²) in [6.45, 7) is 4.24. The van der Waals surface area contributed by atoms with Crippen molar-refractivity contribution in [3.8, 4) is 0 Å². The molecule has 0 amide bonds. The van der Waals surface area contributed by atoms with E-state index in [2.05, 4.69) is 9.97 Å². The van der Waals surface area contributed by atoms with Crippen LogP contribution in [-0.4, -0.2) is 29.7 Å². The van der Waals surface area contributed by atoms with E-state index < -0.39 is 10.0 Å². The minimum atomic E-state index is -3.53. The van der Waals surface area contributed by atoms with E-state index in [9.17, 15) is 8.42 Å². The molecule has 1 heterocycles. The van der Waals surface area contributed by atoms with Gasteiger partial charge in [0.25, 0.3) is 10.0 Å². The molecule has 1 aromatic carbocycles. The van der Waals surface area contributed by atoms with E-state index in [1.165, 1.54) is 10.5 Å². The highest BCUT2D eigenvalue weighted by Crippen LogP contribution is 2.17. The molecule has 0 atom stereocenters. The zero-order valence-corrected chi connectivity index (χ0v) is 12.7. The fourth-order valence-electron chi connectivity index (χ4n) is 1.93.